The molecule has 0 saturated carbocycles. The summed E-state index contributed by atoms with van der Waals surface area (Å²) in [6.07, 6.45) is -1.99. The van der Waals surface area contributed by atoms with Crippen LogP contribution in [0.1, 0.15) is 46.3 Å². The van der Waals surface area contributed by atoms with E-state index < -0.39 is 41.6 Å². The molecule has 140 valence electrons. The van der Waals surface area contributed by atoms with Gasteiger partial charge in [-0.05, 0) is 37.0 Å². The van der Waals surface area contributed by atoms with Crippen molar-refractivity contribution in [3.05, 3.63) is 29.8 Å². The van der Waals surface area contributed by atoms with Crippen molar-refractivity contribution < 1.29 is 23.4 Å². The summed E-state index contributed by atoms with van der Waals surface area (Å²) in [7, 11) is 0. The molecule has 1 amide bonds. The lowest BCUT2D eigenvalue weighted by molar-refractivity contribution is -0.0696. The summed E-state index contributed by atoms with van der Waals surface area (Å²) in [6, 6.07) is 6.45. The number of amides is 1. The highest BCUT2D eigenvalue weighted by Crippen LogP contribution is 2.56. The lowest BCUT2D eigenvalue weighted by Gasteiger charge is -2.48. The summed E-state index contributed by atoms with van der Waals surface area (Å²) in [6.45, 7) is 7.82. The average molecular weight is 373 g/mol. The van der Waals surface area contributed by atoms with E-state index in [1.807, 2.05) is 20.8 Å². The van der Waals surface area contributed by atoms with Gasteiger partial charge in [0, 0.05) is 4.90 Å². The molecule has 0 aromatic heterocycles. The molecule has 1 fully saturated rings. The first-order valence-corrected chi connectivity index (χ1v) is 9.05. The maximum absolute atomic E-state index is 14.5. The molecule has 1 aliphatic heterocycles. The molecule has 1 heterocycles. The predicted octanol–water partition coefficient (Wildman–Crippen LogP) is 5.25. The van der Waals surface area contributed by atoms with Crippen molar-refractivity contribution in [1.29, 1.82) is 0 Å². The number of carboxylic acid groups (broad SMARTS) is 1. The Labute approximate surface area is 151 Å². The van der Waals surface area contributed by atoms with Crippen LogP contribution in [0.2, 0.25) is 0 Å². The van der Waals surface area contributed by atoms with Gasteiger partial charge in [-0.1, -0.05) is 44.7 Å². The largest absolute Gasteiger partial charge is 0.465 e. The molecule has 0 bridgehead atoms. The SMILES string of the molecule is CC1(C)O[C@H](c2ccc(SCF)cc2)[C@](CF)(C(C)(C)C)N1C(=O)O. The Hall–Kier alpha value is -1.34. The van der Waals surface area contributed by atoms with Crippen LogP contribution in [0.5, 0.6) is 0 Å². The zero-order valence-electron chi connectivity index (χ0n) is 15.2. The Morgan fingerprint density at radius 3 is 2.24 bits per heavy atom. The molecule has 7 heteroatoms. The molecule has 1 N–H and O–H groups in total. The number of alkyl halides is 2. The number of ether oxygens (including phenoxy) is 1. The van der Waals surface area contributed by atoms with Crippen LogP contribution in [0, 0.1) is 5.41 Å². The van der Waals surface area contributed by atoms with Gasteiger partial charge in [-0.15, -0.1) is 0 Å². The maximum Gasteiger partial charge on any atom is 0.410 e. The molecule has 2 atom stereocenters. The van der Waals surface area contributed by atoms with E-state index in [2.05, 4.69) is 0 Å². The van der Waals surface area contributed by atoms with Crippen LogP contribution in [-0.2, 0) is 4.74 Å². The molecule has 25 heavy (non-hydrogen) atoms. The summed E-state index contributed by atoms with van der Waals surface area (Å²) < 4.78 is 33.0. The van der Waals surface area contributed by atoms with E-state index in [4.69, 9.17) is 4.74 Å². The molecule has 0 spiro atoms. The summed E-state index contributed by atoms with van der Waals surface area (Å²) in [5, 5.41) is 9.79. The summed E-state index contributed by atoms with van der Waals surface area (Å²) in [5.74, 6) is 0. The third kappa shape index (κ3) is 3.24. The third-order valence-corrected chi connectivity index (χ3v) is 5.59. The Morgan fingerprint density at radius 2 is 1.84 bits per heavy atom. The standard InChI is InChI=1S/C18H25F2NO3S/c1-16(2,3)18(10-19)14(24-17(4,5)21(18)15(22)23)12-6-8-13(9-7-12)25-11-20/h6-9,14H,10-11H2,1-5H3,(H,22,23)/t14-,18-/m1/s1. The first-order valence-electron chi connectivity index (χ1n) is 8.07. The number of carbonyl (C=O) groups is 1. The fourth-order valence-electron chi connectivity index (χ4n) is 3.64. The van der Waals surface area contributed by atoms with Crippen LogP contribution in [-0.4, -0.2) is 40.0 Å². The topological polar surface area (TPSA) is 49.8 Å². The van der Waals surface area contributed by atoms with Gasteiger partial charge < -0.3 is 9.84 Å². The number of hydrogen-bond acceptors (Lipinski definition) is 3. The normalized spacial score (nSPS) is 26.0. The minimum Gasteiger partial charge on any atom is -0.465 e. The van der Waals surface area contributed by atoms with Crippen LogP contribution in [0.25, 0.3) is 0 Å². The molecule has 1 aromatic carbocycles. The van der Waals surface area contributed by atoms with Gasteiger partial charge in [0.25, 0.3) is 0 Å². The van der Waals surface area contributed by atoms with Crippen LogP contribution in [0.15, 0.2) is 29.2 Å². The smallest absolute Gasteiger partial charge is 0.410 e. The van der Waals surface area contributed by atoms with Crippen LogP contribution >= 0.6 is 11.8 Å². The van der Waals surface area contributed by atoms with E-state index in [1.54, 1.807) is 38.1 Å². The summed E-state index contributed by atoms with van der Waals surface area (Å²) in [5.41, 5.74) is -2.60. The number of halogens is 2. The Kier molecular flexibility index (Phi) is 5.40. The first kappa shape index (κ1) is 20.0. The molecular weight excluding hydrogens is 348 g/mol. The van der Waals surface area contributed by atoms with Gasteiger partial charge >= 0.3 is 6.09 Å². The first-order chi connectivity index (χ1) is 11.5. The summed E-state index contributed by atoms with van der Waals surface area (Å²) in [4.78, 5) is 13.8. The second-order valence-corrected chi connectivity index (χ2v) is 8.67. The Morgan fingerprint density at radius 1 is 1.28 bits per heavy atom. The monoisotopic (exact) mass is 373 g/mol. The number of hydrogen-bond donors (Lipinski definition) is 1. The zero-order chi connectivity index (χ0) is 19.0. The number of benzene rings is 1. The quantitative estimate of drug-likeness (QED) is 0.733. The summed E-state index contributed by atoms with van der Waals surface area (Å²) >= 11 is 1.06. The Balaban J connectivity index is 2.60. The highest BCUT2D eigenvalue weighted by molar-refractivity contribution is 7.99. The van der Waals surface area contributed by atoms with Crippen molar-refractivity contribution >= 4 is 17.9 Å². The predicted molar refractivity (Wildman–Crippen MR) is 94.2 cm³/mol. The van der Waals surface area contributed by atoms with E-state index in [-0.39, 0.29) is 0 Å². The van der Waals surface area contributed by atoms with Crippen molar-refractivity contribution in [1.82, 2.24) is 4.90 Å². The number of rotatable bonds is 4. The number of thioether (sulfide) groups is 1. The minimum absolute atomic E-state index is 0.532. The van der Waals surface area contributed by atoms with Crippen molar-refractivity contribution in [3.63, 3.8) is 0 Å². The fraction of sp³-hybridized carbons (Fsp3) is 0.611. The van der Waals surface area contributed by atoms with Gasteiger partial charge in [0.15, 0.2) is 0 Å². The van der Waals surface area contributed by atoms with Crippen molar-refractivity contribution in [3.8, 4) is 0 Å². The molecule has 1 aliphatic rings. The zero-order valence-corrected chi connectivity index (χ0v) is 16.0. The maximum atomic E-state index is 14.5. The lowest BCUT2D eigenvalue weighted by atomic mass is 9.68. The molecule has 0 unspecified atom stereocenters. The van der Waals surface area contributed by atoms with Crippen LogP contribution in [0.3, 0.4) is 0 Å². The van der Waals surface area contributed by atoms with Gasteiger partial charge in [-0.25, -0.2) is 13.6 Å². The van der Waals surface area contributed by atoms with Gasteiger partial charge in [0.05, 0.1) is 0 Å². The van der Waals surface area contributed by atoms with E-state index in [9.17, 15) is 18.7 Å². The third-order valence-electron chi connectivity index (χ3n) is 4.88. The van der Waals surface area contributed by atoms with Gasteiger partial charge in [-0.3, -0.25) is 4.90 Å². The molecule has 0 radical (unpaired) electrons. The van der Waals surface area contributed by atoms with E-state index >= 15 is 0 Å². The van der Waals surface area contributed by atoms with Gasteiger partial charge in [-0.2, -0.15) is 0 Å². The average Bonchev–Trinajstić information content (AvgIpc) is 2.76. The second kappa shape index (κ2) is 6.76. The Bertz CT molecular complexity index is 630. The molecule has 1 aromatic rings. The van der Waals surface area contributed by atoms with E-state index in [1.165, 1.54) is 0 Å². The fourth-order valence-corrected chi connectivity index (χ4v) is 4.10. The van der Waals surface area contributed by atoms with Gasteiger partial charge in [0.2, 0.25) is 0 Å². The number of nitrogens with zero attached hydrogens (tertiary/aromatic N) is 1. The highest BCUT2D eigenvalue weighted by atomic mass is 32.2. The van der Waals surface area contributed by atoms with Crippen molar-refractivity contribution in [2.45, 2.75) is 56.9 Å². The van der Waals surface area contributed by atoms with Crippen molar-refractivity contribution in [2.24, 2.45) is 5.41 Å². The molecule has 2 rings (SSSR count). The minimum atomic E-state index is -1.38. The molecule has 0 aliphatic carbocycles. The second-order valence-electron chi connectivity index (χ2n) is 7.69. The lowest BCUT2D eigenvalue weighted by Crippen LogP contribution is -2.63. The molecule has 4 nitrogen and oxygen atoms in total. The van der Waals surface area contributed by atoms with E-state index in [0.29, 0.717) is 5.56 Å². The molecular formula is C18H25F2NO3S. The van der Waals surface area contributed by atoms with Crippen LogP contribution in [0.4, 0.5) is 13.6 Å². The van der Waals surface area contributed by atoms with E-state index in [0.717, 1.165) is 21.6 Å². The molecule has 1 saturated heterocycles. The highest BCUT2D eigenvalue weighted by Gasteiger charge is 2.66. The van der Waals surface area contributed by atoms with Crippen molar-refractivity contribution in [2.75, 3.05) is 12.7 Å². The van der Waals surface area contributed by atoms with Gasteiger partial charge in [0.1, 0.15) is 30.0 Å². The van der Waals surface area contributed by atoms with Crippen LogP contribution < -0.4 is 0 Å².